The first-order valence-corrected chi connectivity index (χ1v) is 8.70. The van der Waals surface area contributed by atoms with Gasteiger partial charge in [0.1, 0.15) is 17.1 Å². The number of hydrogen-bond donors (Lipinski definition) is 2. The number of aryl methyl sites for hydroxylation is 2. The van der Waals surface area contributed by atoms with Crippen LogP contribution in [-0.2, 0) is 23.2 Å². The van der Waals surface area contributed by atoms with Crippen LogP contribution in [0.25, 0.3) is 0 Å². The van der Waals surface area contributed by atoms with E-state index in [2.05, 4.69) is 29.6 Å². The Balaban J connectivity index is 1.44. The van der Waals surface area contributed by atoms with Crippen molar-refractivity contribution in [2.24, 2.45) is 5.92 Å². The summed E-state index contributed by atoms with van der Waals surface area (Å²) < 4.78 is 5.42. The largest absolute Gasteiger partial charge is 0.478 e. The molecule has 5 heteroatoms. The number of fused-ring (bicyclic) bond motifs is 2. The minimum absolute atomic E-state index is 0.00366. The molecule has 130 valence electrons. The van der Waals surface area contributed by atoms with E-state index in [9.17, 15) is 9.59 Å². The molecule has 1 fully saturated rings. The summed E-state index contributed by atoms with van der Waals surface area (Å²) in [6.07, 6.45) is 4.18. The van der Waals surface area contributed by atoms with Crippen molar-refractivity contribution >= 4 is 11.9 Å². The lowest BCUT2D eigenvalue weighted by Gasteiger charge is -2.26. The molecule has 0 bridgehead atoms. The summed E-state index contributed by atoms with van der Waals surface area (Å²) in [7, 11) is 0. The normalized spacial score (nSPS) is 24.0. The predicted molar refractivity (Wildman–Crippen MR) is 91.4 cm³/mol. The van der Waals surface area contributed by atoms with Gasteiger partial charge in [0.05, 0.1) is 6.54 Å². The molecule has 1 saturated carbocycles. The van der Waals surface area contributed by atoms with Crippen LogP contribution in [-0.4, -0.2) is 17.0 Å². The third-order valence-corrected chi connectivity index (χ3v) is 5.65. The number of nitrogens with one attached hydrogen (secondary N) is 1. The van der Waals surface area contributed by atoms with Gasteiger partial charge in [0.2, 0.25) is 5.91 Å². The number of aromatic carboxylic acids is 1. The zero-order chi connectivity index (χ0) is 17.6. The molecule has 2 aromatic rings. The molecule has 5 nitrogen and oxygen atoms in total. The molecule has 2 aliphatic carbocycles. The highest BCUT2D eigenvalue weighted by atomic mass is 16.4. The highest BCUT2D eigenvalue weighted by Gasteiger charge is 2.59. The maximum atomic E-state index is 12.6. The summed E-state index contributed by atoms with van der Waals surface area (Å²) in [5, 5.41) is 12.0. The molecule has 2 aliphatic rings. The molecule has 0 aliphatic heterocycles. The third kappa shape index (κ3) is 2.64. The Labute approximate surface area is 146 Å². The Hall–Kier alpha value is -2.56. The van der Waals surface area contributed by atoms with Crippen molar-refractivity contribution in [2.75, 3.05) is 0 Å². The van der Waals surface area contributed by atoms with E-state index in [1.54, 1.807) is 6.92 Å². The van der Waals surface area contributed by atoms with Gasteiger partial charge in [-0.3, -0.25) is 4.79 Å². The van der Waals surface area contributed by atoms with Crippen molar-refractivity contribution in [2.45, 2.75) is 44.6 Å². The van der Waals surface area contributed by atoms with Crippen LogP contribution in [0, 0.1) is 12.8 Å². The molecule has 0 radical (unpaired) electrons. The number of carboxylic acids is 1. The van der Waals surface area contributed by atoms with E-state index in [1.165, 1.54) is 17.2 Å². The third-order valence-electron chi connectivity index (χ3n) is 5.65. The van der Waals surface area contributed by atoms with Crippen molar-refractivity contribution in [1.82, 2.24) is 5.32 Å². The minimum Gasteiger partial charge on any atom is -0.478 e. The fourth-order valence-corrected chi connectivity index (χ4v) is 4.32. The summed E-state index contributed by atoms with van der Waals surface area (Å²) in [5.74, 6) is -0.145. The number of carboxylic acid groups (broad SMARTS) is 1. The molecule has 1 heterocycles. The van der Waals surface area contributed by atoms with Crippen molar-refractivity contribution in [1.29, 1.82) is 0 Å². The van der Waals surface area contributed by atoms with Gasteiger partial charge >= 0.3 is 5.97 Å². The van der Waals surface area contributed by atoms with Gasteiger partial charge in [-0.2, -0.15) is 0 Å². The zero-order valence-corrected chi connectivity index (χ0v) is 14.2. The van der Waals surface area contributed by atoms with Gasteiger partial charge in [-0.05, 0) is 49.8 Å². The SMILES string of the molecule is Cc1oc(CNC(=O)C2CC23CCCc2ccccc23)cc1C(=O)O. The van der Waals surface area contributed by atoms with Gasteiger partial charge in [-0.15, -0.1) is 0 Å². The van der Waals surface area contributed by atoms with Crippen molar-refractivity contribution in [3.8, 4) is 0 Å². The fraction of sp³-hybridized carbons (Fsp3) is 0.400. The first-order chi connectivity index (χ1) is 12.0. The molecule has 1 amide bonds. The Kier molecular flexibility index (Phi) is 3.67. The van der Waals surface area contributed by atoms with Crippen LogP contribution < -0.4 is 5.32 Å². The molecule has 0 saturated heterocycles. The second kappa shape index (κ2) is 5.76. The van der Waals surface area contributed by atoms with Gasteiger partial charge in [0.15, 0.2) is 0 Å². The van der Waals surface area contributed by atoms with Gasteiger partial charge in [-0.1, -0.05) is 24.3 Å². The fourth-order valence-electron chi connectivity index (χ4n) is 4.32. The van der Waals surface area contributed by atoms with E-state index < -0.39 is 5.97 Å². The number of carbonyl (C=O) groups excluding carboxylic acids is 1. The predicted octanol–water partition coefficient (Wildman–Crippen LogP) is 3.20. The maximum Gasteiger partial charge on any atom is 0.339 e. The van der Waals surface area contributed by atoms with E-state index >= 15 is 0 Å². The van der Waals surface area contributed by atoms with Gasteiger partial charge in [-0.25, -0.2) is 4.79 Å². The molecule has 1 spiro atoms. The van der Waals surface area contributed by atoms with Crippen LogP contribution in [0.4, 0.5) is 0 Å². The quantitative estimate of drug-likeness (QED) is 0.896. The number of furan rings is 1. The van der Waals surface area contributed by atoms with Crippen LogP contribution in [0.3, 0.4) is 0 Å². The molecular weight excluding hydrogens is 318 g/mol. The smallest absolute Gasteiger partial charge is 0.339 e. The second-order valence-corrected chi connectivity index (χ2v) is 7.13. The van der Waals surface area contributed by atoms with Crippen LogP contribution >= 0.6 is 0 Å². The summed E-state index contributed by atoms with van der Waals surface area (Å²) >= 11 is 0. The molecule has 1 aromatic heterocycles. The maximum absolute atomic E-state index is 12.6. The Morgan fingerprint density at radius 1 is 1.36 bits per heavy atom. The van der Waals surface area contributed by atoms with Gasteiger partial charge < -0.3 is 14.8 Å². The summed E-state index contributed by atoms with van der Waals surface area (Å²) in [6, 6.07) is 9.93. The van der Waals surface area contributed by atoms with E-state index in [4.69, 9.17) is 9.52 Å². The second-order valence-electron chi connectivity index (χ2n) is 7.13. The average molecular weight is 339 g/mol. The molecular formula is C20H21NO4. The van der Waals surface area contributed by atoms with Crippen molar-refractivity contribution < 1.29 is 19.1 Å². The van der Waals surface area contributed by atoms with Crippen LogP contribution in [0.15, 0.2) is 34.7 Å². The Bertz CT molecular complexity index is 853. The van der Waals surface area contributed by atoms with Crippen molar-refractivity contribution in [3.63, 3.8) is 0 Å². The minimum atomic E-state index is -1.02. The summed E-state index contributed by atoms with van der Waals surface area (Å²) in [6.45, 7) is 1.84. The number of carbonyl (C=O) groups is 2. The Morgan fingerprint density at radius 3 is 2.92 bits per heavy atom. The number of hydrogen-bond acceptors (Lipinski definition) is 3. The monoisotopic (exact) mass is 339 g/mol. The number of benzene rings is 1. The van der Waals surface area contributed by atoms with Crippen molar-refractivity contribution in [3.05, 3.63) is 58.5 Å². The molecule has 2 unspecified atom stereocenters. The summed E-state index contributed by atoms with van der Waals surface area (Å²) in [4.78, 5) is 23.7. The standard InChI is InChI=1S/C20H21NO4/c1-12-15(19(23)24)9-14(25-12)11-21-18(22)17-10-20(17)8-4-6-13-5-2-3-7-16(13)20/h2-3,5,7,9,17H,4,6,8,10-11H2,1H3,(H,21,22)(H,23,24). The number of rotatable bonds is 4. The lowest BCUT2D eigenvalue weighted by molar-refractivity contribution is -0.123. The average Bonchev–Trinajstić information content (AvgIpc) is 3.18. The molecule has 4 rings (SSSR count). The molecule has 2 atom stereocenters. The Morgan fingerprint density at radius 2 is 2.16 bits per heavy atom. The summed E-state index contributed by atoms with van der Waals surface area (Å²) in [5.41, 5.74) is 2.86. The molecule has 1 aromatic carbocycles. The van der Waals surface area contributed by atoms with E-state index in [0.29, 0.717) is 11.5 Å². The lowest BCUT2D eigenvalue weighted by Crippen LogP contribution is -2.29. The first-order valence-electron chi connectivity index (χ1n) is 8.70. The molecule has 2 N–H and O–H groups in total. The van der Waals surface area contributed by atoms with E-state index in [1.807, 2.05) is 0 Å². The number of amides is 1. The van der Waals surface area contributed by atoms with E-state index in [-0.39, 0.29) is 29.3 Å². The topological polar surface area (TPSA) is 79.5 Å². The van der Waals surface area contributed by atoms with Crippen LogP contribution in [0.1, 0.15) is 52.3 Å². The highest BCUT2D eigenvalue weighted by Crippen LogP contribution is 2.60. The highest BCUT2D eigenvalue weighted by molar-refractivity contribution is 5.89. The zero-order valence-electron chi connectivity index (χ0n) is 14.2. The lowest BCUT2D eigenvalue weighted by atomic mass is 9.78. The van der Waals surface area contributed by atoms with Crippen LogP contribution in [0.2, 0.25) is 0 Å². The first kappa shape index (κ1) is 15.9. The van der Waals surface area contributed by atoms with Gasteiger partial charge in [0, 0.05) is 11.3 Å². The molecule has 25 heavy (non-hydrogen) atoms. The van der Waals surface area contributed by atoms with Crippen LogP contribution in [0.5, 0.6) is 0 Å². The van der Waals surface area contributed by atoms with E-state index in [0.717, 1.165) is 25.7 Å². The van der Waals surface area contributed by atoms with Gasteiger partial charge in [0.25, 0.3) is 0 Å².